The van der Waals surface area contributed by atoms with E-state index < -0.39 is 0 Å². The Morgan fingerprint density at radius 2 is 2.23 bits per heavy atom. The Balaban J connectivity index is 1.25. The van der Waals surface area contributed by atoms with Crippen molar-refractivity contribution in [3.63, 3.8) is 0 Å². The van der Waals surface area contributed by atoms with Crippen molar-refractivity contribution in [3.8, 4) is 0 Å². The van der Waals surface area contributed by atoms with Crippen LogP contribution in [0, 0.1) is 12.8 Å². The van der Waals surface area contributed by atoms with E-state index in [0.717, 1.165) is 50.6 Å². The summed E-state index contributed by atoms with van der Waals surface area (Å²) in [5.74, 6) is 2.38. The third-order valence-corrected chi connectivity index (χ3v) is 5.59. The summed E-state index contributed by atoms with van der Waals surface area (Å²) < 4.78 is 13.4. The summed E-state index contributed by atoms with van der Waals surface area (Å²) in [6.07, 6.45) is 3.64. The minimum Gasteiger partial charge on any atom is -0.465 e. The van der Waals surface area contributed by atoms with Gasteiger partial charge in [0.1, 0.15) is 17.2 Å². The first-order chi connectivity index (χ1) is 12.6. The Hall–Kier alpha value is -2.12. The number of likely N-dealkylation sites (tertiary alicyclic amines) is 1. The van der Waals surface area contributed by atoms with Crippen LogP contribution < -0.4 is 5.32 Å². The van der Waals surface area contributed by atoms with Crippen molar-refractivity contribution >= 4 is 5.91 Å². The van der Waals surface area contributed by atoms with Crippen molar-refractivity contribution in [1.82, 2.24) is 20.0 Å². The Morgan fingerprint density at radius 1 is 1.38 bits per heavy atom. The number of hydrogen-bond acceptors (Lipinski definition) is 5. The first kappa shape index (κ1) is 17.3. The lowest BCUT2D eigenvalue weighted by Gasteiger charge is -2.50. The lowest BCUT2D eigenvalue weighted by Crippen LogP contribution is -2.64. The van der Waals surface area contributed by atoms with Gasteiger partial charge in [0.05, 0.1) is 12.1 Å². The van der Waals surface area contributed by atoms with Crippen molar-refractivity contribution in [2.75, 3.05) is 26.2 Å². The van der Waals surface area contributed by atoms with Gasteiger partial charge in [-0.1, -0.05) is 0 Å². The maximum absolute atomic E-state index is 12.2. The molecule has 1 spiro atoms. The third kappa shape index (κ3) is 3.29. The minimum atomic E-state index is -0.0682. The Kier molecular flexibility index (Phi) is 4.58. The minimum absolute atomic E-state index is 0.0428. The van der Waals surface area contributed by atoms with Gasteiger partial charge in [-0.15, -0.1) is 0 Å². The zero-order valence-corrected chi connectivity index (χ0v) is 15.4. The summed E-state index contributed by atoms with van der Waals surface area (Å²) in [6.45, 7) is 6.16. The van der Waals surface area contributed by atoms with Crippen molar-refractivity contribution in [2.45, 2.75) is 31.9 Å². The molecule has 4 heterocycles. The fourth-order valence-electron chi connectivity index (χ4n) is 4.20. The third-order valence-electron chi connectivity index (χ3n) is 5.59. The van der Waals surface area contributed by atoms with Gasteiger partial charge in [-0.25, -0.2) is 0 Å². The van der Waals surface area contributed by atoms with Gasteiger partial charge in [0.2, 0.25) is 0 Å². The zero-order chi connectivity index (χ0) is 18.1. The number of furan rings is 1. The summed E-state index contributed by atoms with van der Waals surface area (Å²) in [4.78, 5) is 14.5. The summed E-state index contributed by atoms with van der Waals surface area (Å²) in [6, 6.07) is 5.78. The predicted molar refractivity (Wildman–Crippen MR) is 95.7 cm³/mol. The number of amides is 1. The van der Waals surface area contributed by atoms with Gasteiger partial charge in [-0.2, -0.15) is 5.10 Å². The molecule has 26 heavy (non-hydrogen) atoms. The van der Waals surface area contributed by atoms with E-state index in [1.54, 1.807) is 24.0 Å². The molecule has 140 valence electrons. The molecule has 2 aliphatic heterocycles. The fourth-order valence-corrected chi connectivity index (χ4v) is 4.20. The van der Waals surface area contributed by atoms with Gasteiger partial charge >= 0.3 is 0 Å². The van der Waals surface area contributed by atoms with Crippen molar-refractivity contribution in [1.29, 1.82) is 0 Å². The molecular weight excluding hydrogens is 332 g/mol. The standard InChI is InChI=1S/C19H26N4O3/c1-14-3-4-16(26-14)11-23-12-19(13-23)15(7-10-25-19)5-8-20-18(24)17-6-9-21-22(17)2/h3-4,6,9,15H,5,7-8,10-13H2,1-2H3,(H,20,24)/t15-/m0/s1. The second kappa shape index (κ2) is 6.89. The largest absolute Gasteiger partial charge is 0.465 e. The molecule has 7 heteroatoms. The summed E-state index contributed by atoms with van der Waals surface area (Å²) in [5.41, 5.74) is 0.546. The summed E-state index contributed by atoms with van der Waals surface area (Å²) in [7, 11) is 1.78. The highest BCUT2D eigenvalue weighted by molar-refractivity contribution is 5.92. The predicted octanol–water partition coefficient (Wildman–Crippen LogP) is 1.73. The second-order valence-corrected chi connectivity index (χ2v) is 7.44. The van der Waals surface area contributed by atoms with Crippen LogP contribution in [0.2, 0.25) is 0 Å². The molecule has 7 nitrogen and oxygen atoms in total. The molecule has 1 atom stereocenters. The first-order valence-electron chi connectivity index (χ1n) is 9.23. The van der Waals surface area contributed by atoms with Gasteiger partial charge < -0.3 is 14.5 Å². The lowest BCUT2D eigenvalue weighted by atomic mass is 9.79. The summed E-state index contributed by atoms with van der Waals surface area (Å²) in [5, 5.41) is 7.04. The number of carbonyl (C=O) groups excluding carboxylic acids is 1. The molecule has 0 aromatic carbocycles. The number of rotatable bonds is 6. The molecule has 2 aromatic heterocycles. The lowest BCUT2D eigenvalue weighted by molar-refractivity contribution is -0.138. The van der Waals surface area contributed by atoms with E-state index in [0.29, 0.717) is 18.2 Å². The molecule has 0 bridgehead atoms. The highest BCUT2D eigenvalue weighted by Crippen LogP contribution is 2.42. The molecule has 1 N–H and O–H groups in total. The number of nitrogens with one attached hydrogen (secondary N) is 1. The Morgan fingerprint density at radius 3 is 2.92 bits per heavy atom. The number of ether oxygens (including phenoxy) is 1. The van der Waals surface area contributed by atoms with Crippen LogP contribution >= 0.6 is 0 Å². The van der Waals surface area contributed by atoms with Crippen LogP contribution in [-0.2, 0) is 18.3 Å². The monoisotopic (exact) mass is 358 g/mol. The normalized spacial score (nSPS) is 21.8. The van der Waals surface area contributed by atoms with Crippen LogP contribution in [0.15, 0.2) is 28.8 Å². The van der Waals surface area contributed by atoms with Crippen LogP contribution in [0.3, 0.4) is 0 Å². The highest BCUT2D eigenvalue weighted by Gasteiger charge is 2.52. The average Bonchev–Trinajstić information content (AvgIpc) is 3.28. The van der Waals surface area contributed by atoms with E-state index >= 15 is 0 Å². The van der Waals surface area contributed by atoms with Crippen molar-refractivity contribution in [2.24, 2.45) is 13.0 Å². The first-order valence-corrected chi connectivity index (χ1v) is 9.23. The number of aryl methyl sites for hydroxylation is 2. The van der Waals surface area contributed by atoms with Crippen LogP contribution in [0.25, 0.3) is 0 Å². The maximum Gasteiger partial charge on any atom is 0.269 e. The van der Waals surface area contributed by atoms with Crippen LogP contribution in [0.1, 0.15) is 34.9 Å². The van der Waals surface area contributed by atoms with Crippen LogP contribution in [-0.4, -0.2) is 52.4 Å². The smallest absolute Gasteiger partial charge is 0.269 e. The zero-order valence-electron chi connectivity index (χ0n) is 15.4. The molecule has 2 saturated heterocycles. The van der Waals surface area contributed by atoms with E-state index in [-0.39, 0.29) is 11.5 Å². The van der Waals surface area contributed by atoms with Gasteiger partial charge in [-0.05, 0) is 43.9 Å². The molecule has 2 aromatic rings. The maximum atomic E-state index is 12.2. The number of aromatic nitrogens is 2. The second-order valence-electron chi connectivity index (χ2n) is 7.44. The van der Waals surface area contributed by atoms with Gasteiger partial charge in [0.25, 0.3) is 5.91 Å². The molecule has 0 saturated carbocycles. The fraction of sp³-hybridized carbons (Fsp3) is 0.579. The van der Waals surface area contributed by atoms with Gasteiger partial charge in [-0.3, -0.25) is 14.4 Å². The van der Waals surface area contributed by atoms with Gasteiger partial charge in [0, 0.05) is 39.5 Å². The van der Waals surface area contributed by atoms with Gasteiger partial charge in [0.15, 0.2) is 0 Å². The quantitative estimate of drug-likeness (QED) is 0.851. The number of carbonyl (C=O) groups is 1. The van der Waals surface area contributed by atoms with Crippen LogP contribution in [0.5, 0.6) is 0 Å². The Labute approximate surface area is 153 Å². The Bertz CT molecular complexity index is 775. The molecule has 2 aliphatic rings. The molecule has 4 rings (SSSR count). The topological polar surface area (TPSA) is 72.5 Å². The van der Waals surface area contributed by atoms with Crippen molar-refractivity contribution in [3.05, 3.63) is 41.6 Å². The van der Waals surface area contributed by atoms with E-state index in [4.69, 9.17) is 9.15 Å². The average molecular weight is 358 g/mol. The molecule has 1 amide bonds. The molecule has 0 aliphatic carbocycles. The van der Waals surface area contributed by atoms with Crippen LogP contribution in [0.4, 0.5) is 0 Å². The van der Waals surface area contributed by atoms with E-state index in [1.807, 2.05) is 19.1 Å². The molecule has 2 fully saturated rings. The summed E-state index contributed by atoms with van der Waals surface area (Å²) >= 11 is 0. The molecule has 0 unspecified atom stereocenters. The van der Waals surface area contributed by atoms with Crippen molar-refractivity contribution < 1.29 is 13.9 Å². The molecular formula is C19H26N4O3. The number of nitrogens with zero attached hydrogens (tertiary/aromatic N) is 3. The van der Waals surface area contributed by atoms with E-state index in [9.17, 15) is 4.79 Å². The highest BCUT2D eigenvalue weighted by atomic mass is 16.5. The van der Waals surface area contributed by atoms with E-state index in [2.05, 4.69) is 15.3 Å². The van der Waals surface area contributed by atoms with E-state index in [1.165, 1.54) is 0 Å². The SMILES string of the molecule is Cc1ccc(CN2CC3(C2)OCC[C@@H]3CCNC(=O)c2ccnn2C)o1. The number of hydrogen-bond donors (Lipinski definition) is 1. The molecule has 0 radical (unpaired) electrons.